The van der Waals surface area contributed by atoms with Gasteiger partial charge in [0.25, 0.3) is 0 Å². The van der Waals surface area contributed by atoms with E-state index in [0.717, 1.165) is 23.8 Å². The quantitative estimate of drug-likeness (QED) is 0.765. The van der Waals surface area contributed by atoms with Crippen molar-refractivity contribution in [1.29, 1.82) is 0 Å². The van der Waals surface area contributed by atoms with Gasteiger partial charge in [0.1, 0.15) is 5.78 Å². The summed E-state index contributed by atoms with van der Waals surface area (Å²) in [5.74, 6) is 1.15. The van der Waals surface area contributed by atoms with Gasteiger partial charge >= 0.3 is 0 Å². The monoisotopic (exact) mass is 254 g/mol. The number of Topliss-reactive ketones (excluding diaryl/α,β-unsaturated/α-hetero) is 1. The highest BCUT2D eigenvalue weighted by molar-refractivity contribution is 8.00. The molecular weight excluding hydrogens is 236 g/mol. The summed E-state index contributed by atoms with van der Waals surface area (Å²) in [7, 11) is 0. The summed E-state index contributed by atoms with van der Waals surface area (Å²) in [6.07, 6.45) is 7.02. The maximum Gasteiger partial charge on any atom is 0.143 e. The maximum atomic E-state index is 11.7. The summed E-state index contributed by atoms with van der Waals surface area (Å²) in [6.45, 7) is 0. The van der Waals surface area contributed by atoms with Crippen molar-refractivity contribution < 1.29 is 4.79 Å². The molecule has 0 aliphatic heterocycles. The van der Waals surface area contributed by atoms with E-state index in [1.165, 1.54) is 30.6 Å². The van der Waals surface area contributed by atoms with Crippen molar-refractivity contribution in [2.45, 2.75) is 43.8 Å². The molecule has 1 heterocycles. The van der Waals surface area contributed by atoms with E-state index in [2.05, 4.69) is 17.5 Å². The van der Waals surface area contributed by atoms with E-state index >= 15 is 0 Å². The highest BCUT2D eigenvalue weighted by Crippen LogP contribution is 2.29. The van der Waals surface area contributed by atoms with Crippen molar-refractivity contribution in [3.05, 3.63) is 22.4 Å². The van der Waals surface area contributed by atoms with E-state index in [0.29, 0.717) is 5.78 Å². The summed E-state index contributed by atoms with van der Waals surface area (Å²) >= 11 is 3.63. The molecule has 1 saturated carbocycles. The zero-order valence-electron chi connectivity index (χ0n) is 9.48. The molecule has 1 fully saturated rings. The van der Waals surface area contributed by atoms with Crippen molar-refractivity contribution >= 4 is 28.9 Å². The van der Waals surface area contributed by atoms with Gasteiger partial charge in [-0.2, -0.15) is 11.8 Å². The molecule has 2 rings (SSSR count). The van der Waals surface area contributed by atoms with Crippen molar-refractivity contribution in [1.82, 2.24) is 0 Å². The fourth-order valence-electron chi connectivity index (χ4n) is 2.06. The third kappa shape index (κ3) is 3.95. The fraction of sp³-hybridized carbons (Fsp3) is 0.615. The van der Waals surface area contributed by atoms with Crippen LogP contribution in [0.15, 0.2) is 17.5 Å². The SMILES string of the molecule is O=C(CCc1cccs1)CSC1CCCC1. The van der Waals surface area contributed by atoms with Crippen LogP contribution in [0.3, 0.4) is 0 Å². The minimum absolute atomic E-state index is 0.422. The highest BCUT2D eigenvalue weighted by Gasteiger charge is 2.16. The molecule has 0 aromatic carbocycles. The topological polar surface area (TPSA) is 17.1 Å². The van der Waals surface area contributed by atoms with Gasteiger partial charge in [0.15, 0.2) is 0 Å². The summed E-state index contributed by atoms with van der Waals surface area (Å²) in [4.78, 5) is 13.0. The van der Waals surface area contributed by atoms with E-state index in [1.807, 2.05) is 11.8 Å². The highest BCUT2D eigenvalue weighted by atomic mass is 32.2. The Balaban J connectivity index is 1.60. The molecule has 1 aromatic heterocycles. The summed E-state index contributed by atoms with van der Waals surface area (Å²) in [5.41, 5.74) is 0. The Bertz CT molecular complexity index is 313. The molecule has 1 nitrogen and oxygen atoms in total. The number of rotatable bonds is 6. The van der Waals surface area contributed by atoms with Crippen molar-refractivity contribution in [2.75, 3.05) is 5.75 Å². The van der Waals surface area contributed by atoms with Gasteiger partial charge in [-0.05, 0) is 30.7 Å². The summed E-state index contributed by atoms with van der Waals surface area (Å²) < 4.78 is 0. The second kappa shape index (κ2) is 6.45. The molecule has 16 heavy (non-hydrogen) atoms. The Kier molecular flexibility index (Phi) is 4.91. The number of aryl methyl sites for hydroxylation is 1. The normalized spacial score (nSPS) is 16.8. The maximum absolute atomic E-state index is 11.7. The fourth-order valence-corrected chi connectivity index (χ4v) is 4.00. The Morgan fingerprint density at radius 3 is 2.94 bits per heavy atom. The van der Waals surface area contributed by atoms with Gasteiger partial charge in [-0.15, -0.1) is 11.3 Å². The predicted octanol–water partition coefficient (Wildman–Crippen LogP) is 3.93. The first-order chi connectivity index (χ1) is 7.84. The lowest BCUT2D eigenvalue weighted by Crippen LogP contribution is -2.06. The number of thioether (sulfide) groups is 1. The molecule has 0 N–H and O–H groups in total. The number of carbonyl (C=O) groups excluding carboxylic acids is 1. The van der Waals surface area contributed by atoms with Crippen LogP contribution in [0.5, 0.6) is 0 Å². The van der Waals surface area contributed by atoms with Crippen molar-refractivity contribution in [3.63, 3.8) is 0 Å². The Labute approximate surface area is 106 Å². The predicted molar refractivity (Wildman–Crippen MR) is 72.4 cm³/mol. The van der Waals surface area contributed by atoms with Gasteiger partial charge in [-0.1, -0.05) is 18.9 Å². The van der Waals surface area contributed by atoms with Crippen LogP contribution in [-0.2, 0) is 11.2 Å². The smallest absolute Gasteiger partial charge is 0.143 e. The Morgan fingerprint density at radius 2 is 2.25 bits per heavy atom. The van der Waals surface area contributed by atoms with Gasteiger partial charge in [0.05, 0.1) is 5.75 Å². The van der Waals surface area contributed by atoms with Gasteiger partial charge in [-0.25, -0.2) is 0 Å². The molecule has 0 radical (unpaired) electrons. The van der Waals surface area contributed by atoms with E-state index in [9.17, 15) is 4.79 Å². The largest absolute Gasteiger partial charge is 0.299 e. The molecule has 1 aliphatic rings. The van der Waals surface area contributed by atoms with Crippen LogP contribution in [0.1, 0.15) is 37.0 Å². The molecule has 0 unspecified atom stereocenters. The van der Waals surface area contributed by atoms with Crippen LogP contribution >= 0.6 is 23.1 Å². The standard InChI is InChI=1S/C13H18OS2/c14-11(7-8-13-6-3-9-15-13)10-16-12-4-1-2-5-12/h3,6,9,12H,1-2,4-5,7-8,10H2. The molecule has 0 spiro atoms. The molecule has 88 valence electrons. The van der Waals surface area contributed by atoms with Gasteiger partial charge in [-0.3, -0.25) is 4.79 Å². The first-order valence-electron chi connectivity index (χ1n) is 6.00. The van der Waals surface area contributed by atoms with Crippen molar-refractivity contribution in [3.8, 4) is 0 Å². The number of carbonyl (C=O) groups is 1. The number of hydrogen-bond donors (Lipinski definition) is 0. The van der Waals surface area contributed by atoms with Gasteiger partial charge in [0.2, 0.25) is 0 Å². The minimum atomic E-state index is 0.422. The van der Waals surface area contributed by atoms with Crippen LogP contribution in [0.25, 0.3) is 0 Å². The average molecular weight is 254 g/mol. The lowest BCUT2D eigenvalue weighted by atomic mass is 10.2. The second-order valence-corrected chi connectivity index (χ2v) is 6.66. The minimum Gasteiger partial charge on any atom is -0.299 e. The Hall–Kier alpha value is -0.280. The van der Waals surface area contributed by atoms with Crippen LogP contribution in [0.4, 0.5) is 0 Å². The summed E-state index contributed by atoms with van der Waals surface area (Å²) in [6, 6.07) is 4.17. The van der Waals surface area contributed by atoms with Crippen LogP contribution in [0, 0.1) is 0 Å². The van der Waals surface area contributed by atoms with E-state index < -0.39 is 0 Å². The zero-order valence-corrected chi connectivity index (χ0v) is 11.1. The zero-order chi connectivity index (χ0) is 11.2. The first kappa shape index (κ1) is 12.2. The van der Waals surface area contributed by atoms with Crippen LogP contribution in [0.2, 0.25) is 0 Å². The second-order valence-electron chi connectivity index (χ2n) is 4.34. The van der Waals surface area contributed by atoms with Gasteiger partial charge in [0, 0.05) is 16.5 Å². The molecule has 0 bridgehead atoms. The molecule has 3 heteroatoms. The third-order valence-corrected chi connectivity index (χ3v) is 5.38. The molecule has 1 aromatic rings. The lowest BCUT2D eigenvalue weighted by Gasteiger charge is -2.07. The number of thiophene rings is 1. The first-order valence-corrected chi connectivity index (χ1v) is 7.93. The molecular formula is C13H18OS2. The van der Waals surface area contributed by atoms with Crippen molar-refractivity contribution in [2.24, 2.45) is 0 Å². The van der Waals surface area contributed by atoms with E-state index in [4.69, 9.17) is 0 Å². The Morgan fingerprint density at radius 1 is 1.44 bits per heavy atom. The third-order valence-electron chi connectivity index (χ3n) is 3.01. The number of hydrogen-bond acceptors (Lipinski definition) is 3. The molecule has 0 amide bonds. The molecule has 0 saturated heterocycles. The van der Waals surface area contributed by atoms with E-state index in [1.54, 1.807) is 11.3 Å². The van der Waals surface area contributed by atoms with Crippen LogP contribution in [-0.4, -0.2) is 16.8 Å². The molecule has 1 aliphatic carbocycles. The van der Waals surface area contributed by atoms with E-state index in [-0.39, 0.29) is 0 Å². The van der Waals surface area contributed by atoms with Crippen LogP contribution < -0.4 is 0 Å². The summed E-state index contributed by atoms with van der Waals surface area (Å²) in [5, 5.41) is 2.85. The number of ketones is 1. The van der Waals surface area contributed by atoms with Gasteiger partial charge < -0.3 is 0 Å². The average Bonchev–Trinajstić information content (AvgIpc) is 2.96. The lowest BCUT2D eigenvalue weighted by molar-refractivity contribution is -0.116. The molecule has 0 atom stereocenters.